The number of hydrogen-bond acceptors (Lipinski definition) is 2. The van der Waals surface area contributed by atoms with Gasteiger partial charge in [0.1, 0.15) is 6.07 Å². The third kappa shape index (κ3) is 4.70. The number of methoxy groups -OCH3 is 1. The Morgan fingerprint density at radius 3 is 2.56 bits per heavy atom. The van der Waals surface area contributed by atoms with E-state index in [1.807, 2.05) is 6.92 Å². The third-order valence-electron chi connectivity index (χ3n) is 1.17. The second-order valence-electron chi connectivity index (χ2n) is 1.75. The van der Waals surface area contributed by atoms with Crippen LogP contribution in [0.4, 0.5) is 0 Å². The van der Waals surface area contributed by atoms with E-state index in [1.165, 1.54) is 0 Å². The number of rotatable bonds is 5. The van der Waals surface area contributed by atoms with Gasteiger partial charge >= 0.3 is 0 Å². The maximum absolute atomic E-state index is 5.28. The molecule has 0 aliphatic carbocycles. The fourth-order valence-corrected chi connectivity index (χ4v) is 0.618. The molecule has 2 nitrogen and oxygen atoms in total. The Balaban J connectivity index is 3.09. The number of ether oxygens (including phenoxy) is 2. The molecule has 1 atom stereocenters. The Hall–Kier alpha value is 0.210. The fourth-order valence-electron chi connectivity index (χ4n) is 0.529. The van der Waals surface area contributed by atoms with E-state index in [4.69, 9.17) is 21.1 Å². The van der Waals surface area contributed by atoms with Gasteiger partial charge in [0.15, 0.2) is 0 Å². The summed E-state index contributed by atoms with van der Waals surface area (Å²) in [6.45, 7) is 2.64. The van der Waals surface area contributed by atoms with E-state index < -0.39 is 0 Å². The Morgan fingerprint density at radius 2 is 2.22 bits per heavy atom. The molecule has 3 heteroatoms. The van der Waals surface area contributed by atoms with Gasteiger partial charge in [-0.15, -0.1) is 0 Å². The van der Waals surface area contributed by atoms with Crippen molar-refractivity contribution in [2.75, 3.05) is 19.8 Å². The largest absolute Gasteiger partial charge is 0.379 e. The van der Waals surface area contributed by atoms with Crippen LogP contribution < -0.4 is 0 Å². The molecule has 0 aliphatic rings. The second kappa shape index (κ2) is 6.33. The quantitative estimate of drug-likeness (QED) is 0.558. The van der Waals surface area contributed by atoms with Crippen LogP contribution in [0.1, 0.15) is 13.3 Å². The summed E-state index contributed by atoms with van der Waals surface area (Å²) in [5.41, 5.74) is 0. The van der Waals surface area contributed by atoms with E-state index in [0.717, 1.165) is 6.42 Å². The van der Waals surface area contributed by atoms with Gasteiger partial charge in [-0.2, -0.15) is 0 Å². The molecule has 0 bridgehead atoms. The average molecular weight is 153 g/mol. The van der Waals surface area contributed by atoms with Crippen molar-refractivity contribution in [2.45, 2.75) is 19.4 Å². The first-order valence-corrected chi connectivity index (χ1v) is 3.55. The van der Waals surface area contributed by atoms with Gasteiger partial charge in [0.25, 0.3) is 0 Å². The summed E-state index contributed by atoms with van der Waals surface area (Å²) in [5, 5.41) is 0. The van der Waals surface area contributed by atoms with Gasteiger partial charge in [0.05, 0.1) is 12.7 Å². The van der Waals surface area contributed by atoms with Crippen LogP contribution >= 0.6 is 11.6 Å². The number of alkyl halides is 1. The molecule has 0 aliphatic heterocycles. The maximum Gasteiger partial charge on any atom is 0.120 e. The van der Waals surface area contributed by atoms with Crippen molar-refractivity contribution in [1.82, 2.24) is 0 Å². The van der Waals surface area contributed by atoms with Crippen molar-refractivity contribution in [3.8, 4) is 0 Å². The van der Waals surface area contributed by atoms with Gasteiger partial charge in [-0.25, -0.2) is 0 Å². The number of hydrogen-bond donors (Lipinski definition) is 0. The van der Waals surface area contributed by atoms with Gasteiger partial charge in [0.2, 0.25) is 0 Å². The summed E-state index contributed by atoms with van der Waals surface area (Å²) in [6, 6.07) is 0.250. The van der Waals surface area contributed by atoms with E-state index in [2.05, 4.69) is 0 Å². The van der Waals surface area contributed by atoms with E-state index in [9.17, 15) is 0 Å². The van der Waals surface area contributed by atoms with Crippen LogP contribution in [0.15, 0.2) is 0 Å². The van der Waals surface area contributed by atoms with Gasteiger partial charge in [0, 0.05) is 7.11 Å². The van der Waals surface area contributed by atoms with Gasteiger partial charge < -0.3 is 9.47 Å². The zero-order chi connectivity index (χ0) is 7.11. The van der Waals surface area contributed by atoms with Crippen LogP contribution in [-0.4, -0.2) is 25.9 Å². The highest BCUT2D eigenvalue weighted by Crippen LogP contribution is 1.96. The minimum atomic E-state index is 0.198. The Labute approximate surface area is 61.1 Å². The van der Waals surface area contributed by atoms with Crippen molar-refractivity contribution in [2.24, 2.45) is 0 Å². The van der Waals surface area contributed by atoms with Crippen LogP contribution in [0.5, 0.6) is 0 Å². The highest BCUT2D eigenvalue weighted by atomic mass is 35.5. The van der Waals surface area contributed by atoms with Crippen molar-refractivity contribution in [3.05, 3.63) is 0 Å². The van der Waals surface area contributed by atoms with Crippen LogP contribution in [-0.2, 0) is 9.47 Å². The van der Waals surface area contributed by atoms with E-state index in [1.54, 1.807) is 7.11 Å². The predicted molar refractivity (Wildman–Crippen MR) is 37.8 cm³/mol. The van der Waals surface area contributed by atoms with Crippen LogP contribution in [0.3, 0.4) is 0 Å². The summed E-state index contributed by atoms with van der Waals surface area (Å²) in [4.78, 5) is 0. The lowest BCUT2D eigenvalue weighted by Crippen LogP contribution is -2.16. The topological polar surface area (TPSA) is 18.5 Å². The molecule has 0 aromatic heterocycles. The Morgan fingerprint density at radius 1 is 1.56 bits per heavy atom. The first-order chi connectivity index (χ1) is 4.35. The van der Waals surface area contributed by atoms with Gasteiger partial charge in [-0.05, 0) is 6.42 Å². The second-order valence-corrected chi connectivity index (χ2v) is 1.96. The standard InChI is InChI=1S/C6H13ClO2/c1-3-6(8-2)4-9-5-7/h6H,3-5H2,1-2H3. The summed E-state index contributed by atoms with van der Waals surface area (Å²) >= 11 is 5.28. The van der Waals surface area contributed by atoms with Crippen molar-refractivity contribution in [1.29, 1.82) is 0 Å². The van der Waals surface area contributed by atoms with Crippen molar-refractivity contribution in [3.63, 3.8) is 0 Å². The molecule has 0 N–H and O–H groups in total. The zero-order valence-corrected chi connectivity index (χ0v) is 6.65. The lowest BCUT2D eigenvalue weighted by Gasteiger charge is -2.10. The predicted octanol–water partition coefficient (Wildman–Crippen LogP) is 1.62. The minimum absolute atomic E-state index is 0.198. The Bertz CT molecular complexity index is 55.0. The summed E-state index contributed by atoms with van der Waals surface area (Å²) in [6.07, 6.45) is 1.16. The molecule has 0 saturated carbocycles. The fraction of sp³-hybridized carbons (Fsp3) is 1.00. The maximum atomic E-state index is 5.28. The van der Waals surface area contributed by atoms with Gasteiger partial charge in [-0.1, -0.05) is 18.5 Å². The van der Waals surface area contributed by atoms with Crippen LogP contribution in [0.2, 0.25) is 0 Å². The molecule has 0 saturated heterocycles. The molecular weight excluding hydrogens is 140 g/mol. The molecule has 9 heavy (non-hydrogen) atoms. The molecule has 0 aromatic rings. The first kappa shape index (κ1) is 9.21. The lowest BCUT2D eigenvalue weighted by molar-refractivity contribution is 0.0208. The monoisotopic (exact) mass is 152 g/mol. The molecule has 56 valence electrons. The molecular formula is C6H13ClO2. The van der Waals surface area contributed by atoms with E-state index in [-0.39, 0.29) is 12.2 Å². The first-order valence-electron chi connectivity index (χ1n) is 3.01. The van der Waals surface area contributed by atoms with Crippen LogP contribution in [0, 0.1) is 0 Å². The molecule has 0 amide bonds. The van der Waals surface area contributed by atoms with Crippen molar-refractivity contribution < 1.29 is 9.47 Å². The summed E-state index contributed by atoms with van der Waals surface area (Å²) < 4.78 is 9.94. The Kier molecular flexibility index (Phi) is 6.48. The molecule has 0 aromatic carbocycles. The molecule has 0 heterocycles. The smallest absolute Gasteiger partial charge is 0.120 e. The van der Waals surface area contributed by atoms with Crippen LogP contribution in [0.25, 0.3) is 0 Å². The normalized spacial score (nSPS) is 13.7. The molecule has 1 unspecified atom stereocenters. The highest BCUT2D eigenvalue weighted by Gasteiger charge is 2.01. The molecule has 0 spiro atoms. The van der Waals surface area contributed by atoms with E-state index >= 15 is 0 Å². The minimum Gasteiger partial charge on any atom is -0.379 e. The summed E-state index contributed by atoms with van der Waals surface area (Å²) in [7, 11) is 1.67. The highest BCUT2D eigenvalue weighted by molar-refractivity contribution is 6.17. The zero-order valence-electron chi connectivity index (χ0n) is 5.89. The molecule has 0 radical (unpaired) electrons. The number of halogens is 1. The van der Waals surface area contributed by atoms with Gasteiger partial charge in [-0.3, -0.25) is 0 Å². The molecule has 0 fully saturated rings. The van der Waals surface area contributed by atoms with Crippen molar-refractivity contribution >= 4 is 11.6 Å². The third-order valence-corrected chi connectivity index (χ3v) is 1.32. The molecule has 0 rings (SSSR count). The average Bonchev–Trinajstić information content (AvgIpc) is 1.91. The summed E-state index contributed by atoms with van der Waals surface area (Å²) in [5.74, 6) is 0. The SMILES string of the molecule is CCC(COCCl)OC. The van der Waals surface area contributed by atoms with E-state index in [0.29, 0.717) is 6.61 Å². The lowest BCUT2D eigenvalue weighted by atomic mass is 10.3.